The second-order valence-electron chi connectivity index (χ2n) is 5.68. The minimum atomic E-state index is -0.399. The van der Waals surface area contributed by atoms with Crippen molar-refractivity contribution in [1.82, 2.24) is 19.1 Å². The first-order chi connectivity index (χ1) is 10.9. The molecule has 2 aromatic rings. The minimum Gasteiger partial charge on any atom is -0.277 e. The Balaban J connectivity index is 2.80. The van der Waals surface area contributed by atoms with Crippen LogP contribution in [0.2, 0.25) is 0 Å². The van der Waals surface area contributed by atoms with Crippen LogP contribution in [-0.2, 0) is 13.6 Å². The lowest BCUT2D eigenvalue weighted by Gasteiger charge is -2.15. The van der Waals surface area contributed by atoms with E-state index in [0.717, 1.165) is 4.57 Å². The topological polar surface area (TPSA) is 93.6 Å². The largest absolute Gasteiger partial charge is 0.332 e. The highest BCUT2D eigenvalue weighted by molar-refractivity contribution is 7.99. The number of aryl methyl sites for hydroxylation is 1. The van der Waals surface area contributed by atoms with Crippen molar-refractivity contribution < 1.29 is 0 Å². The van der Waals surface area contributed by atoms with Crippen LogP contribution in [0.15, 0.2) is 14.6 Å². The summed E-state index contributed by atoms with van der Waals surface area (Å²) < 4.78 is 2.63. The van der Waals surface area contributed by atoms with E-state index in [-0.39, 0.29) is 11.6 Å². The van der Waals surface area contributed by atoms with Crippen LogP contribution in [0.1, 0.15) is 26.1 Å². The Morgan fingerprint density at radius 3 is 2.61 bits per heavy atom. The van der Waals surface area contributed by atoms with E-state index in [9.17, 15) is 9.59 Å². The molecule has 0 bridgehead atoms. The van der Waals surface area contributed by atoms with Gasteiger partial charge in [0.25, 0.3) is 5.56 Å². The molecular formula is C15H19N5O2S. The van der Waals surface area contributed by atoms with Crippen LogP contribution in [0, 0.1) is 24.2 Å². The van der Waals surface area contributed by atoms with Crippen molar-refractivity contribution in [2.24, 2.45) is 13.0 Å². The maximum atomic E-state index is 12.5. The Labute approximate surface area is 138 Å². The summed E-state index contributed by atoms with van der Waals surface area (Å²) in [6, 6.07) is 2.07. The first-order valence-corrected chi connectivity index (χ1v) is 8.33. The van der Waals surface area contributed by atoms with Crippen LogP contribution in [-0.4, -0.2) is 24.9 Å². The summed E-state index contributed by atoms with van der Waals surface area (Å²) in [4.78, 5) is 33.7. The number of nitrogens with zero attached hydrogens (tertiary/aromatic N) is 5. The van der Waals surface area contributed by atoms with Crippen LogP contribution in [0.4, 0.5) is 0 Å². The summed E-state index contributed by atoms with van der Waals surface area (Å²) in [5, 5.41) is 9.56. The van der Waals surface area contributed by atoms with Crippen molar-refractivity contribution in [2.45, 2.75) is 38.8 Å². The van der Waals surface area contributed by atoms with Crippen molar-refractivity contribution in [3.63, 3.8) is 0 Å². The lowest BCUT2D eigenvalue weighted by atomic mass is 10.2. The molecule has 0 N–H and O–H groups in total. The molecule has 2 aromatic heterocycles. The van der Waals surface area contributed by atoms with Gasteiger partial charge in [-0.2, -0.15) is 5.26 Å². The second kappa shape index (κ2) is 6.96. The first-order valence-electron chi connectivity index (χ1n) is 7.34. The molecule has 0 aliphatic rings. The second-order valence-corrected chi connectivity index (χ2v) is 6.77. The number of hydrogen-bond acceptors (Lipinski definition) is 6. The fourth-order valence-electron chi connectivity index (χ4n) is 2.27. The zero-order chi connectivity index (χ0) is 17.1. The predicted octanol–water partition coefficient (Wildman–Crippen LogP) is 1.46. The number of rotatable bonds is 5. The highest BCUT2D eigenvalue weighted by atomic mass is 32.2. The number of hydrogen-bond donors (Lipinski definition) is 0. The van der Waals surface area contributed by atoms with E-state index >= 15 is 0 Å². The lowest BCUT2D eigenvalue weighted by Crippen LogP contribution is -2.39. The molecule has 0 aromatic carbocycles. The summed E-state index contributed by atoms with van der Waals surface area (Å²) in [5.41, 5.74) is -0.398. The van der Waals surface area contributed by atoms with Gasteiger partial charge < -0.3 is 0 Å². The Kier molecular flexibility index (Phi) is 5.21. The van der Waals surface area contributed by atoms with E-state index in [4.69, 9.17) is 5.26 Å². The Morgan fingerprint density at radius 1 is 1.30 bits per heavy atom. The van der Waals surface area contributed by atoms with Crippen LogP contribution in [0.25, 0.3) is 11.0 Å². The third kappa shape index (κ3) is 3.45. The van der Waals surface area contributed by atoms with E-state index in [2.05, 4.69) is 16.0 Å². The summed E-state index contributed by atoms with van der Waals surface area (Å²) >= 11 is 1.34. The SMILES string of the molecule is Cc1nc(SCCC#N)c2c(=O)n(C)c(=O)n(CC(C)C)c2n1. The highest BCUT2D eigenvalue weighted by Gasteiger charge is 2.18. The summed E-state index contributed by atoms with van der Waals surface area (Å²) in [5.74, 6) is 1.27. The van der Waals surface area contributed by atoms with Crippen molar-refractivity contribution in [2.75, 3.05) is 5.75 Å². The van der Waals surface area contributed by atoms with Gasteiger partial charge in [-0.25, -0.2) is 14.8 Å². The molecule has 0 fully saturated rings. The molecule has 0 aliphatic carbocycles. The van der Waals surface area contributed by atoms with Gasteiger partial charge in [-0.3, -0.25) is 13.9 Å². The highest BCUT2D eigenvalue weighted by Crippen LogP contribution is 2.23. The van der Waals surface area contributed by atoms with E-state index in [1.54, 1.807) is 6.92 Å². The molecule has 8 heteroatoms. The van der Waals surface area contributed by atoms with Crippen LogP contribution < -0.4 is 11.2 Å². The smallest absolute Gasteiger partial charge is 0.277 e. The lowest BCUT2D eigenvalue weighted by molar-refractivity contribution is 0.498. The van der Waals surface area contributed by atoms with Crippen molar-refractivity contribution in [3.8, 4) is 6.07 Å². The monoisotopic (exact) mass is 333 g/mol. The zero-order valence-corrected chi connectivity index (χ0v) is 14.5. The molecule has 0 aliphatic heterocycles. The molecule has 23 heavy (non-hydrogen) atoms. The van der Waals surface area contributed by atoms with Crippen LogP contribution >= 0.6 is 11.8 Å². The predicted molar refractivity (Wildman–Crippen MR) is 89.6 cm³/mol. The van der Waals surface area contributed by atoms with E-state index < -0.39 is 5.56 Å². The minimum absolute atomic E-state index is 0.235. The molecule has 0 atom stereocenters. The number of thioether (sulfide) groups is 1. The number of nitriles is 1. The average Bonchev–Trinajstić information content (AvgIpc) is 2.49. The Bertz CT molecular complexity index is 892. The molecule has 2 rings (SSSR count). The van der Waals surface area contributed by atoms with Gasteiger partial charge >= 0.3 is 5.69 Å². The van der Waals surface area contributed by atoms with Crippen LogP contribution in [0.3, 0.4) is 0 Å². The summed E-state index contributed by atoms with van der Waals surface area (Å²) in [6.45, 7) is 6.21. The molecule has 0 spiro atoms. The molecule has 0 amide bonds. The Morgan fingerprint density at radius 2 is 2.00 bits per heavy atom. The van der Waals surface area contributed by atoms with Crippen molar-refractivity contribution >= 4 is 22.8 Å². The number of aromatic nitrogens is 4. The van der Waals surface area contributed by atoms with Gasteiger partial charge in [0.15, 0.2) is 5.65 Å². The van der Waals surface area contributed by atoms with E-state index in [0.29, 0.717) is 40.6 Å². The van der Waals surface area contributed by atoms with Crippen LogP contribution in [0.5, 0.6) is 0 Å². The fraction of sp³-hybridized carbons (Fsp3) is 0.533. The van der Waals surface area contributed by atoms with Gasteiger partial charge in [-0.1, -0.05) is 13.8 Å². The van der Waals surface area contributed by atoms with Gasteiger partial charge in [0.05, 0.1) is 6.07 Å². The van der Waals surface area contributed by atoms with Gasteiger partial charge in [-0.15, -0.1) is 11.8 Å². The summed E-state index contributed by atoms with van der Waals surface area (Å²) in [7, 11) is 1.46. The quantitative estimate of drug-likeness (QED) is 0.467. The normalized spacial score (nSPS) is 11.1. The summed E-state index contributed by atoms with van der Waals surface area (Å²) in [6.07, 6.45) is 0.362. The van der Waals surface area contributed by atoms with Gasteiger partial charge in [-0.05, 0) is 12.8 Å². The number of fused-ring (bicyclic) bond motifs is 1. The van der Waals surface area contributed by atoms with E-state index in [1.807, 2.05) is 13.8 Å². The maximum Gasteiger partial charge on any atom is 0.332 e. The van der Waals surface area contributed by atoms with Gasteiger partial charge in [0, 0.05) is 25.8 Å². The molecule has 2 heterocycles. The molecule has 0 radical (unpaired) electrons. The molecule has 0 unspecified atom stereocenters. The zero-order valence-electron chi connectivity index (χ0n) is 13.7. The third-order valence-corrected chi connectivity index (χ3v) is 4.24. The van der Waals surface area contributed by atoms with E-state index in [1.165, 1.54) is 23.4 Å². The van der Waals surface area contributed by atoms with Crippen molar-refractivity contribution in [3.05, 3.63) is 26.7 Å². The standard InChI is InChI=1S/C15H19N5O2S/c1-9(2)8-20-12-11(14(21)19(4)15(20)22)13(18-10(3)17-12)23-7-5-6-16/h9H,5,7-8H2,1-4H3. The first kappa shape index (κ1) is 17.2. The molecular weight excluding hydrogens is 314 g/mol. The molecule has 0 saturated carbocycles. The Hall–Kier alpha value is -2.14. The molecule has 0 saturated heterocycles. The average molecular weight is 333 g/mol. The fourth-order valence-corrected chi connectivity index (χ4v) is 3.18. The third-order valence-electron chi connectivity index (χ3n) is 3.26. The molecule has 7 nitrogen and oxygen atoms in total. The van der Waals surface area contributed by atoms with Gasteiger partial charge in [0.2, 0.25) is 0 Å². The van der Waals surface area contributed by atoms with Gasteiger partial charge in [0.1, 0.15) is 16.2 Å². The maximum absolute atomic E-state index is 12.5. The van der Waals surface area contributed by atoms with Crippen molar-refractivity contribution in [1.29, 1.82) is 5.26 Å². The molecule has 122 valence electrons.